The van der Waals surface area contributed by atoms with Gasteiger partial charge in [0, 0.05) is 29.6 Å². The molecule has 0 aliphatic carbocycles. The number of ether oxygens (including phenoxy) is 1. The van der Waals surface area contributed by atoms with Crippen LogP contribution < -0.4 is 0 Å². The van der Waals surface area contributed by atoms with Gasteiger partial charge in [-0.3, -0.25) is 9.11 Å². The maximum absolute atomic E-state index is 8.67. The number of epoxide rings is 1. The van der Waals surface area contributed by atoms with Crippen LogP contribution in [0.5, 0.6) is 0 Å². The van der Waals surface area contributed by atoms with Crippen LogP contribution in [0.2, 0.25) is 0 Å². The summed E-state index contributed by atoms with van der Waals surface area (Å²) in [4.78, 5) is 0. The minimum atomic E-state index is -2.61. The molecule has 1 atom stereocenters. The first-order valence-corrected chi connectivity index (χ1v) is 4.89. The molecule has 1 fully saturated rings. The summed E-state index contributed by atoms with van der Waals surface area (Å²) in [6.07, 6.45) is 3.56. The summed E-state index contributed by atoms with van der Waals surface area (Å²) in [5, 5.41) is 16.0. The van der Waals surface area contributed by atoms with Crippen molar-refractivity contribution in [3.8, 4) is 0 Å². The van der Waals surface area contributed by atoms with E-state index in [1.165, 1.54) is 12.2 Å². The van der Waals surface area contributed by atoms with Gasteiger partial charge in [-0.2, -0.15) is 4.21 Å². The molecule has 0 aromatic rings. The third-order valence-electron chi connectivity index (χ3n) is 0.877. The first-order chi connectivity index (χ1) is 6.54. The molecule has 6 nitrogen and oxygen atoms in total. The number of aliphatic hydroxyl groups is 2. The van der Waals surface area contributed by atoms with Crippen molar-refractivity contribution >= 4 is 40.9 Å². The Kier molecular flexibility index (Phi) is 24.0. The van der Waals surface area contributed by atoms with Crippen LogP contribution in [-0.4, -0.2) is 79.0 Å². The SMILES string of the molecule is CC1CO1.O=S(O)O.OCC=CCO.[Na]. The molecule has 0 bridgehead atoms. The molecular weight excluding hydrogens is 235 g/mol. The third kappa shape index (κ3) is 52.9. The Hall–Kier alpha value is 0.690. The Bertz CT molecular complexity index is 152. The zero-order chi connectivity index (χ0) is 11.4. The largest absolute Gasteiger partial charge is 0.392 e. The van der Waals surface area contributed by atoms with Crippen LogP contribution in [0.15, 0.2) is 12.2 Å². The molecule has 0 aromatic carbocycles. The van der Waals surface area contributed by atoms with Gasteiger partial charge in [0.15, 0.2) is 0 Å². The molecule has 15 heavy (non-hydrogen) atoms. The quantitative estimate of drug-likeness (QED) is 0.222. The molecule has 0 saturated carbocycles. The summed E-state index contributed by atoms with van der Waals surface area (Å²) in [6, 6.07) is 0. The van der Waals surface area contributed by atoms with Crippen molar-refractivity contribution in [3.05, 3.63) is 12.2 Å². The molecular formula is C7H16NaO6S. The molecule has 0 spiro atoms. The zero-order valence-corrected chi connectivity index (χ0v) is 11.7. The molecule has 1 rings (SSSR count). The van der Waals surface area contributed by atoms with Crippen molar-refractivity contribution in [2.45, 2.75) is 13.0 Å². The molecule has 0 aromatic heterocycles. The first-order valence-electron chi connectivity index (χ1n) is 3.82. The van der Waals surface area contributed by atoms with Crippen molar-refractivity contribution in [2.24, 2.45) is 0 Å². The van der Waals surface area contributed by atoms with Gasteiger partial charge in [0.05, 0.1) is 25.9 Å². The van der Waals surface area contributed by atoms with Crippen LogP contribution in [0.25, 0.3) is 0 Å². The van der Waals surface area contributed by atoms with Gasteiger partial charge < -0.3 is 14.9 Å². The van der Waals surface area contributed by atoms with Gasteiger partial charge >= 0.3 is 0 Å². The smallest absolute Gasteiger partial charge is 0.299 e. The second-order valence-electron chi connectivity index (χ2n) is 2.21. The summed E-state index contributed by atoms with van der Waals surface area (Å²) in [7, 11) is 0. The van der Waals surface area contributed by atoms with Crippen LogP contribution in [0.1, 0.15) is 6.92 Å². The van der Waals surface area contributed by atoms with Gasteiger partial charge in [0.25, 0.3) is 11.4 Å². The fourth-order valence-corrected chi connectivity index (χ4v) is 0.245. The van der Waals surface area contributed by atoms with Crippen LogP contribution in [0.3, 0.4) is 0 Å². The van der Waals surface area contributed by atoms with E-state index in [2.05, 4.69) is 6.92 Å². The topological polar surface area (TPSA) is 111 Å². The molecule has 87 valence electrons. The molecule has 0 amide bonds. The summed E-state index contributed by atoms with van der Waals surface area (Å²) < 4.78 is 27.5. The van der Waals surface area contributed by atoms with Gasteiger partial charge in [-0.15, -0.1) is 0 Å². The summed E-state index contributed by atoms with van der Waals surface area (Å²) in [5.74, 6) is 0. The van der Waals surface area contributed by atoms with E-state index < -0.39 is 11.4 Å². The molecule has 1 aliphatic rings. The number of aliphatic hydroxyl groups excluding tert-OH is 2. The standard InChI is InChI=1S/C4H8O2.C3H6O.Na.H2O3S/c5-3-1-2-4-6;1-3-2-4-3;;1-4(2)3/h1-2,5-6H,3-4H2;3H,2H2,1H3;;(H2,1,2,3). The normalized spacial score (nSPS) is 17.1. The number of hydrogen-bond acceptors (Lipinski definition) is 4. The van der Waals surface area contributed by atoms with Gasteiger partial charge in [-0.25, -0.2) is 0 Å². The predicted molar refractivity (Wildman–Crippen MR) is 57.9 cm³/mol. The van der Waals surface area contributed by atoms with E-state index in [9.17, 15) is 0 Å². The fraction of sp³-hybridized carbons (Fsp3) is 0.714. The van der Waals surface area contributed by atoms with Crippen molar-refractivity contribution in [3.63, 3.8) is 0 Å². The average Bonchev–Trinajstić information content (AvgIpc) is 2.84. The first kappa shape index (κ1) is 21.0. The van der Waals surface area contributed by atoms with E-state index in [1.807, 2.05) is 0 Å². The zero-order valence-electron chi connectivity index (χ0n) is 8.87. The summed E-state index contributed by atoms with van der Waals surface area (Å²) >= 11 is -2.61. The minimum Gasteiger partial charge on any atom is -0.392 e. The second-order valence-corrected chi connectivity index (χ2v) is 2.67. The Labute approximate surface area is 114 Å². The van der Waals surface area contributed by atoms with Crippen LogP contribution >= 0.6 is 0 Å². The minimum absolute atomic E-state index is 0. The van der Waals surface area contributed by atoms with E-state index in [0.29, 0.717) is 6.10 Å². The van der Waals surface area contributed by atoms with Crippen LogP contribution in [0.4, 0.5) is 0 Å². The average molecular weight is 251 g/mol. The number of hydrogen-bond donors (Lipinski definition) is 4. The third-order valence-corrected chi connectivity index (χ3v) is 0.877. The van der Waals surface area contributed by atoms with Crippen LogP contribution in [0, 0.1) is 0 Å². The van der Waals surface area contributed by atoms with Crippen molar-refractivity contribution in [1.29, 1.82) is 0 Å². The van der Waals surface area contributed by atoms with Crippen molar-refractivity contribution in [1.82, 2.24) is 0 Å². The van der Waals surface area contributed by atoms with Crippen molar-refractivity contribution in [2.75, 3.05) is 19.8 Å². The molecule has 1 aliphatic heterocycles. The van der Waals surface area contributed by atoms with E-state index in [1.54, 1.807) is 0 Å². The number of rotatable bonds is 2. The van der Waals surface area contributed by atoms with E-state index >= 15 is 0 Å². The van der Waals surface area contributed by atoms with Crippen molar-refractivity contribution < 1.29 is 28.3 Å². The van der Waals surface area contributed by atoms with Gasteiger partial charge in [0.2, 0.25) is 0 Å². The van der Waals surface area contributed by atoms with Gasteiger partial charge in [0.1, 0.15) is 0 Å². The maximum atomic E-state index is 8.67. The van der Waals surface area contributed by atoms with E-state index in [-0.39, 0.29) is 42.8 Å². The Morgan fingerprint density at radius 3 is 1.60 bits per heavy atom. The Morgan fingerprint density at radius 2 is 1.53 bits per heavy atom. The molecule has 1 saturated heterocycles. The van der Waals surface area contributed by atoms with Gasteiger partial charge in [-0.1, -0.05) is 12.2 Å². The summed E-state index contributed by atoms with van der Waals surface area (Å²) in [5.41, 5.74) is 0. The molecule has 4 N–H and O–H groups in total. The van der Waals surface area contributed by atoms with Gasteiger partial charge in [-0.05, 0) is 6.92 Å². The molecule has 8 heteroatoms. The van der Waals surface area contributed by atoms with Crippen LogP contribution in [-0.2, 0) is 16.1 Å². The molecule has 1 heterocycles. The molecule has 1 unspecified atom stereocenters. The second kappa shape index (κ2) is 17.1. The predicted octanol–water partition coefficient (Wildman–Crippen LogP) is -0.767. The Morgan fingerprint density at radius 1 is 1.33 bits per heavy atom. The maximum Gasteiger partial charge on any atom is 0.299 e. The summed E-state index contributed by atoms with van der Waals surface area (Å²) in [6.45, 7) is 3.07. The van der Waals surface area contributed by atoms with E-state index in [0.717, 1.165) is 6.61 Å². The molecule has 1 radical (unpaired) electrons. The van der Waals surface area contributed by atoms with E-state index in [4.69, 9.17) is 28.3 Å². The Balaban J connectivity index is -0.000000143. The monoisotopic (exact) mass is 251 g/mol. The fourth-order valence-electron chi connectivity index (χ4n) is 0.245.